The summed E-state index contributed by atoms with van der Waals surface area (Å²) in [4.78, 5) is 42.3. The number of furan rings is 1. The number of carbonyl (C=O) groups is 2. The number of fused-ring (bicyclic) bond motifs is 1. The van der Waals surface area contributed by atoms with Crippen LogP contribution in [-0.2, 0) is 5.41 Å². The second kappa shape index (κ2) is 10.1. The Morgan fingerprint density at radius 3 is 2.49 bits per heavy atom. The third kappa shape index (κ3) is 5.36. The first-order valence-corrected chi connectivity index (χ1v) is 13.6. The molecule has 1 saturated heterocycles. The summed E-state index contributed by atoms with van der Waals surface area (Å²) >= 11 is 5.89. The zero-order valence-electron chi connectivity index (χ0n) is 23.7. The number of carboxylic acids is 1. The normalized spacial score (nSPS) is 15.4. The van der Waals surface area contributed by atoms with Gasteiger partial charge < -0.3 is 19.3 Å². The number of carbonyl (C=O) groups excluding carboxylic acids is 1. The van der Waals surface area contributed by atoms with E-state index in [1.807, 2.05) is 45.6 Å². The van der Waals surface area contributed by atoms with Gasteiger partial charge in [-0.05, 0) is 44.4 Å². The highest BCUT2D eigenvalue weighted by Gasteiger charge is 2.39. The van der Waals surface area contributed by atoms with Crippen LogP contribution in [0, 0.1) is 12.7 Å². The van der Waals surface area contributed by atoms with Crippen molar-refractivity contribution >= 4 is 40.4 Å². The minimum absolute atomic E-state index is 0.0292. The van der Waals surface area contributed by atoms with Crippen LogP contribution in [0.4, 0.5) is 10.2 Å². The maximum absolute atomic E-state index is 14.2. The van der Waals surface area contributed by atoms with Crippen LogP contribution < -0.4 is 4.90 Å². The molecule has 0 unspecified atom stereocenters. The lowest BCUT2D eigenvalue weighted by Gasteiger charge is -2.47. The fourth-order valence-electron chi connectivity index (χ4n) is 5.14. The van der Waals surface area contributed by atoms with E-state index in [9.17, 15) is 19.1 Å². The smallest absolute Gasteiger partial charge is 0.356 e. The number of aromatic carboxylic acids is 1. The lowest BCUT2D eigenvalue weighted by Crippen LogP contribution is -2.61. The molecule has 4 heterocycles. The number of pyridine rings is 1. The summed E-state index contributed by atoms with van der Waals surface area (Å²) in [6.45, 7) is 12.8. The molecule has 0 saturated carbocycles. The van der Waals surface area contributed by atoms with Crippen LogP contribution in [0.25, 0.3) is 22.4 Å². The van der Waals surface area contributed by atoms with Gasteiger partial charge in [-0.25, -0.2) is 19.2 Å². The molecule has 11 heteroatoms. The van der Waals surface area contributed by atoms with Gasteiger partial charge in [0.1, 0.15) is 17.2 Å². The van der Waals surface area contributed by atoms with Crippen LogP contribution in [-0.4, -0.2) is 62.0 Å². The first-order valence-electron chi connectivity index (χ1n) is 13.2. The Balaban J connectivity index is 1.47. The number of hydrogen-bond acceptors (Lipinski definition) is 7. The third-order valence-corrected chi connectivity index (χ3v) is 7.64. The predicted molar refractivity (Wildman–Crippen MR) is 154 cm³/mol. The lowest BCUT2D eigenvalue weighted by atomic mass is 9.86. The lowest BCUT2D eigenvalue weighted by molar-refractivity contribution is 0.0483. The third-order valence-electron chi connectivity index (χ3n) is 7.33. The van der Waals surface area contributed by atoms with Crippen molar-refractivity contribution in [2.24, 2.45) is 0 Å². The summed E-state index contributed by atoms with van der Waals surface area (Å²) in [5.41, 5.74) is 2.21. The number of rotatable bonds is 4. The standard InChI is InChI=1S/C30H31ClFN5O4/c1-16-25(28(39)40)35-24(14-33-16)36-9-10-37(30(5,6)15-36)27(38)23-13-22-26(41-23)18(29(2,3)4)12-21(34-22)17-7-8-19(31)20(32)11-17/h7-8,11-14H,9-10,15H2,1-6H3,(H,39,40). The molecule has 214 valence electrons. The number of aromatic nitrogens is 3. The van der Waals surface area contributed by atoms with Gasteiger partial charge in [0.15, 0.2) is 17.0 Å². The molecule has 0 bridgehead atoms. The number of anilines is 1. The number of halogens is 2. The molecule has 0 aliphatic carbocycles. The van der Waals surface area contributed by atoms with Crippen LogP contribution in [0.1, 0.15) is 66.9 Å². The molecule has 1 amide bonds. The average molecular weight is 580 g/mol. The molecule has 1 aromatic carbocycles. The maximum atomic E-state index is 14.2. The van der Waals surface area contributed by atoms with Crippen molar-refractivity contribution in [2.75, 3.05) is 24.5 Å². The van der Waals surface area contributed by atoms with Gasteiger partial charge in [0.25, 0.3) is 5.91 Å². The molecule has 0 radical (unpaired) electrons. The monoisotopic (exact) mass is 579 g/mol. The van der Waals surface area contributed by atoms with Gasteiger partial charge in [-0.1, -0.05) is 38.4 Å². The Kier molecular flexibility index (Phi) is 7.01. The fourth-order valence-corrected chi connectivity index (χ4v) is 5.26. The minimum atomic E-state index is -1.14. The van der Waals surface area contributed by atoms with Crippen LogP contribution in [0.2, 0.25) is 5.02 Å². The Labute approximate surface area is 242 Å². The Morgan fingerprint density at radius 2 is 1.85 bits per heavy atom. The highest BCUT2D eigenvalue weighted by atomic mass is 35.5. The van der Waals surface area contributed by atoms with Crippen molar-refractivity contribution in [3.8, 4) is 11.3 Å². The molecule has 0 spiro atoms. The minimum Gasteiger partial charge on any atom is -0.476 e. The molecular weight excluding hydrogens is 549 g/mol. The fraction of sp³-hybridized carbons (Fsp3) is 0.367. The van der Waals surface area contributed by atoms with E-state index in [1.54, 1.807) is 30.2 Å². The Bertz CT molecular complexity index is 1690. The molecular formula is C30H31ClFN5O4. The van der Waals surface area contributed by atoms with E-state index in [0.29, 0.717) is 53.5 Å². The molecule has 0 atom stereocenters. The van der Waals surface area contributed by atoms with E-state index >= 15 is 0 Å². The quantitative estimate of drug-likeness (QED) is 0.307. The molecule has 3 aromatic heterocycles. The number of amides is 1. The second-order valence-electron chi connectivity index (χ2n) is 11.9. The van der Waals surface area contributed by atoms with Gasteiger partial charge in [0, 0.05) is 36.8 Å². The molecule has 1 N–H and O–H groups in total. The molecule has 1 aliphatic rings. The van der Waals surface area contributed by atoms with Crippen LogP contribution in [0.5, 0.6) is 0 Å². The highest BCUT2D eigenvalue weighted by molar-refractivity contribution is 6.30. The van der Waals surface area contributed by atoms with E-state index in [0.717, 1.165) is 5.56 Å². The van der Waals surface area contributed by atoms with Crippen molar-refractivity contribution in [3.05, 3.63) is 70.1 Å². The van der Waals surface area contributed by atoms with Crippen molar-refractivity contribution in [2.45, 2.75) is 52.5 Å². The van der Waals surface area contributed by atoms with E-state index in [-0.39, 0.29) is 27.8 Å². The number of nitrogens with zero attached hydrogens (tertiary/aromatic N) is 5. The Hall–Kier alpha value is -4.05. The summed E-state index contributed by atoms with van der Waals surface area (Å²) in [7, 11) is 0. The summed E-state index contributed by atoms with van der Waals surface area (Å²) in [5.74, 6) is -1.36. The zero-order chi connectivity index (χ0) is 29.9. The van der Waals surface area contributed by atoms with Crippen molar-refractivity contribution in [3.63, 3.8) is 0 Å². The van der Waals surface area contributed by atoms with Gasteiger partial charge in [-0.15, -0.1) is 0 Å². The largest absolute Gasteiger partial charge is 0.476 e. The second-order valence-corrected chi connectivity index (χ2v) is 12.3. The number of aryl methyl sites for hydroxylation is 1. The van der Waals surface area contributed by atoms with Crippen LogP contribution in [0.15, 0.2) is 40.9 Å². The summed E-state index contributed by atoms with van der Waals surface area (Å²) < 4.78 is 20.4. The molecule has 4 aromatic rings. The first kappa shape index (κ1) is 28.5. The van der Waals surface area contributed by atoms with Crippen molar-refractivity contribution in [1.29, 1.82) is 0 Å². The van der Waals surface area contributed by atoms with Gasteiger partial charge in [-0.2, -0.15) is 0 Å². The first-order chi connectivity index (χ1) is 19.2. The number of carboxylic acid groups (broad SMARTS) is 1. The average Bonchev–Trinajstić information content (AvgIpc) is 3.32. The summed E-state index contributed by atoms with van der Waals surface area (Å²) in [6, 6.07) is 8.04. The van der Waals surface area contributed by atoms with Gasteiger partial charge in [0.2, 0.25) is 0 Å². The van der Waals surface area contributed by atoms with Gasteiger partial charge >= 0.3 is 5.97 Å². The van der Waals surface area contributed by atoms with E-state index < -0.39 is 17.3 Å². The molecule has 9 nitrogen and oxygen atoms in total. The summed E-state index contributed by atoms with van der Waals surface area (Å²) in [6.07, 6.45) is 1.55. The molecule has 1 fully saturated rings. The van der Waals surface area contributed by atoms with Gasteiger partial charge in [-0.3, -0.25) is 9.78 Å². The van der Waals surface area contributed by atoms with Gasteiger partial charge in [0.05, 0.1) is 28.1 Å². The van der Waals surface area contributed by atoms with E-state index in [4.69, 9.17) is 21.0 Å². The maximum Gasteiger partial charge on any atom is 0.356 e. The van der Waals surface area contributed by atoms with Crippen LogP contribution in [0.3, 0.4) is 0 Å². The zero-order valence-corrected chi connectivity index (χ0v) is 24.5. The van der Waals surface area contributed by atoms with Crippen molar-refractivity contribution < 1.29 is 23.5 Å². The van der Waals surface area contributed by atoms with Crippen LogP contribution >= 0.6 is 11.6 Å². The highest BCUT2D eigenvalue weighted by Crippen LogP contribution is 2.36. The predicted octanol–water partition coefficient (Wildman–Crippen LogP) is 6.12. The number of benzene rings is 1. The topological polar surface area (TPSA) is 113 Å². The van der Waals surface area contributed by atoms with Crippen molar-refractivity contribution in [1.82, 2.24) is 19.9 Å². The molecule has 1 aliphatic heterocycles. The van der Waals surface area contributed by atoms with E-state index in [2.05, 4.69) is 9.97 Å². The summed E-state index contributed by atoms with van der Waals surface area (Å²) in [5, 5.41) is 9.48. The SMILES string of the molecule is Cc1ncc(N2CCN(C(=O)c3cc4nc(-c5ccc(Cl)c(F)c5)cc(C(C)(C)C)c4o3)C(C)(C)C2)nc1C(=O)O. The molecule has 5 rings (SSSR count). The number of hydrogen-bond donors (Lipinski definition) is 1. The van der Waals surface area contributed by atoms with E-state index in [1.165, 1.54) is 12.1 Å². The molecule has 41 heavy (non-hydrogen) atoms. The Morgan fingerprint density at radius 1 is 1.12 bits per heavy atom. The number of piperazine rings is 1.